The van der Waals surface area contributed by atoms with Gasteiger partial charge >= 0.3 is 0 Å². The normalized spacial score (nSPS) is 10.3. The quantitative estimate of drug-likeness (QED) is 0.801. The van der Waals surface area contributed by atoms with Crippen LogP contribution in [0.3, 0.4) is 0 Å². The van der Waals surface area contributed by atoms with Crippen LogP contribution in [0.15, 0.2) is 47.8 Å². The van der Waals surface area contributed by atoms with Crippen LogP contribution in [0.25, 0.3) is 11.3 Å². The van der Waals surface area contributed by atoms with Crippen LogP contribution in [0.4, 0.5) is 0 Å². The molecule has 1 heterocycles. The minimum absolute atomic E-state index is 0.179. The van der Waals surface area contributed by atoms with Gasteiger partial charge in [-0.15, -0.1) is 0 Å². The Morgan fingerprint density at radius 2 is 2.00 bits per heavy atom. The highest BCUT2D eigenvalue weighted by atomic mass is 35.5. The molecule has 3 nitrogen and oxygen atoms in total. The second-order valence-electron chi connectivity index (χ2n) is 4.17. The molecule has 2 rings (SSSR count). The van der Waals surface area contributed by atoms with E-state index in [1.165, 1.54) is 4.57 Å². The van der Waals surface area contributed by atoms with E-state index in [1.54, 1.807) is 37.4 Å². The molecule has 0 saturated heterocycles. The summed E-state index contributed by atoms with van der Waals surface area (Å²) in [5, 5.41) is 0.683. The maximum absolute atomic E-state index is 11.8. The number of hydrogen-bond donors (Lipinski definition) is 0. The number of rotatable bonds is 4. The van der Waals surface area contributed by atoms with Crippen LogP contribution in [-0.2, 0) is 7.05 Å². The Morgan fingerprint density at radius 3 is 2.65 bits per heavy atom. The number of ether oxygens (including phenoxy) is 1. The van der Waals surface area contributed by atoms with Gasteiger partial charge < -0.3 is 9.30 Å². The number of benzene rings is 1. The van der Waals surface area contributed by atoms with E-state index in [-0.39, 0.29) is 10.6 Å². The van der Waals surface area contributed by atoms with E-state index >= 15 is 0 Å². The van der Waals surface area contributed by atoms with Gasteiger partial charge in [0.15, 0.2) is 0 Å². The van der Waals surface area contributed by atoms with E-state index in [0.717, 1.165) is 5.56 Å². The zero-order valence-corrected chi connectivity index (χ0v) is 12.4. The highest BCUT2D eigenvalue weighted by Crippen LogP contribution is 2.30. The zero-order chi connectivity index (χ0) is 14.7. The molecule has 0 aliphatic rings. The average Bonchev–Trinajstić information content (AvgIpc) is 2.44. The third-order valence-corrected chi connectivity index (χ3v) is 3.44. The van der Waals surface area contributed by atoms with E-state index in [0.29, 0.717) is 23.1 Å². The van der Waals surface area contributed by atoms with Gasteiger partial charge in [0.1, 0.15) is 17.4 Å². The Morgan fingerprint density at radius 1 is 1.25 bits per heavy atom. The number of pyridine rings is 1. The van der Waals surface area contributed by atoms with E-state index in [1.807, 2.05) is 6.07 Å². The molecule has 0 saturated carbocycles. The molecule has 0 unspecified atom stereocenters. The van der Waals surface area contributed by atoms with Gasteiger partial charge in [-0.2, -0.15) is 0 Å². The fraction of sp³-hybridized carbons (Fsp3) is 0.133. The van der Waals surface area contributed by atoms with Gasteiger partial charge in [0.2, 0.25) is 0 Å². The number of nitrogens with zero attached hydrogens (tertiary/aromatic N) is 1. The molecule has 0 N–H and O–H groups in total. The van der Waals surface area contributed by atoms with Gasteiger partial charge in [-0.25, -0.2) is 0 Å². The molecule has 5 heteroatoms. The SMILES string of the molecule is C=CCOc1ccc(-c2ccc(Cl)c(=O)n2C)c(Cl)c1. The molecule has 1 aromatic heterocycles. The summed E-state index contributed by atoms with van der Waals surface area (Å²) in [6, 6.07) is 8.64. The molecule has 104 valence electrons. The van der Waals surface area contributed by atoms with Crippen LogP contribution >= 0.6 is 23.2 Å². The molecule has 1 aromatic carbocycles. The lowest BCUT2D eigenvalue weighted by Gasteiger charge is -2.11. The molecule has 0 fully saturated rings. The standard InChI is InChI=1S/C15H13Cl2NO2/c1-3-8-20-10-4-5-11(13(17)9-10)14-7-6-12(16)15(19)18(14)2/h3-7,9H,1,8H2,2H3. The molecule has 20 heavy (non-hydrogen) atoms. The fourth-order valence-corrected chi connectivity index (χ4v) is 2.28. The Labute approximate surface area is 127 Å². The Hall–Kier alpha value is -1.71. The van der Waals surface area contributed by atoms with Crippen molar-refractivity contribution in [2.24, 2.45) is 7.05 Å². The van der Waals surface area contributed by atoms with Crippen molar-refractivity contribution in [2.75, 3.05) is 6.61 Å². The number of halogens is 2. The van der Waals surface area contributed by atoms with Gasteiger partial charge in [-0.05, 0) is 30.3 Å². The molecule has 2 aromatic rings. The first-order valence-corrected chi connectivity index (χ1v) is 6.69. The summed E-state index contributed by atoms with van der Waals surface area (Å²) in [5.74, 6) is 0.651. The van der Waals surface area contributed by atoms with Crippen LogP contribution in [0.1, 0.15) is 0 Å². The summed E-state index contributed by atoms with van der Waals surface area (Å²) in [7, 11) is 1.65. The van der Waals surface area contributed by atoms with Crippen LogP contribution in [0.2, 0.25) is 10.0 Å². The van der Waals surface area contributed by atoms with Crippen molar-refractivity contribution in [2.45, 2.75) is 0 Å². The van der Waals surface area contributed by atoms with Crippen LogP contribution in [0.5, 0.6) is 5.75 Å². The molecular weight excluding hydrogens is 297 g/mol. The summed E-state index contributed by atoms with van der Waals surface area (Å²) >= 11 is 12.1. The van der Waals surface area contributed by atoms with Crippen LogP contribution < -0.4 is 10.3 Å². The Bertz CT molecular complexity index is 708. The third-order valence-electron chi connectivity index (χ3n) is 2.84. The molecule has 0 amide bonds. The van der Waals surface area contributed by atoms with Gasteiger partial charge in [-0.3, -0.25) is 4.79 Å². The van der Waals surface area contributed by atoms with Crippen molar-refractivity contribution in [1.82, 2.24) is 4.57 Å². The van der Waals surface area contributed by atoms with Crippen LogP contribution in [-0.4, -0.2) is 11.2 Å². The molecule has 0 spiro atoms. The lowest BCUT2D eigenvalue weighted by Crippen LogP contribution is -2.18. The molecule has 0 aliphatic heterocycles. The highest BCUT2D eigenvalue weighted by molar-refractivity contribution is 6.33. The fourth-order valence-electron chi connectivity index (χ4n) is 1.82. The van der Waals surface area contributed by atoms with Gasteiger partial charge in [0, 0.05) is 12.6 Å². The first-order chi connectivity index (χ1) is 9.54. The second kappa shape index (κ2) is 6.16. The van der Waals surface area contributed by atoms with E-state index in [9.17, 15) is 4.79 Å². The zero-order valence-electron chi connectivity index (χ0n) is 10.9. The first kappa shape index (κ1) is 14.7. The summed E-state index contributed by atoms with van der Waals surface area (Å²) in [6.07, 6.45) is 1.66. The number of hydrogen-bond acceptors (Lipinski definition) is 2. The van der Waals surface area contributed by atoms with Crippen molar-refractivity contribution >= 4 is 23.2 Å². The van der Waals surface area contributed by atoms with Crippen molar-refractivity contribution in [3.8, 4) is 17.0 Å². The van der Waals surface area contributed by atoms with E-state index in [2.05, 4.69) is 6.58 Å². The van der Waals surface area contributed by atoms with Crippen molar-refractivity contribution in [3.05, 3.63) is 63.4 Å². The molecule has 0 aliphatic carbocycles. The predicted octanol–water partition coefficient (Wildman–Crippen LogP) is 3.92. The monoisotopic (exact) mass is 309 g/mol. The summed E-state index contributed by atoms with van der Waals surface area (Å²) in [4.78, 5) is 11.8. The Balaban J connectivity index is 2.46. The highest BCUT2D eigenvalue weighted by Gasteiger charge is 2.10. The number of aromatic nitrogens is 1. The summed E-state index contributed by atoms with van der Waals surface area (Å²) < 4.78 is 6.87. The minimum atomic E-state index is -0.257. The molecule has 0 radical (unpaired) electrons. The lowest BCUT2D eigenvalue weighted by atomic mass is 10.1. The summed E-state index contributed by atoms with van der Waals surface area (Å²) in [5.41, 5.74) is 1.18. The van der Waals surface area contributed by atoms with Crippen molar-refractivity contribution < 1.29 is 4.74 Å². The smallest absolute Gasteiger partial charge is 0.269 e. The third kappa shape index (κ3) is 2.89. The minimum Gasteiger partial charge on any atom is -0.490 e. The maximum atomic E-state index is 11.8. The summed E-state index contributed by atoms with van der Waals surface area (Å²) in [6.45, 7) is 4.00. The van der Waals surface area contributed by atoms with Crippen molar-refractivity contribution in [3.63, 3.8) is 0 Å². The van der Waals surface area contributed by atoms with E-state index in [4.69, 9.17) is 27.9 Å². The van der Waals surface area contributed by atoms with E-state index < -0.39 is 0 Å². The van der Waals surface area contributed by atoms with Gasteiger partial charge in [0.05, 0.1) is 10.7 Å². The topological polar surface area (TPSA) is 31.2 Å². The van der Waals surface area contributed by atoms with Crippen LogP contribution in [0, 0.1) is 0 Å². The van der Waals surface area contributed by atoms with Gasteiger partial charge in [-0.1, -0.05) is 35.9 Å². The Kier molecular flexibility index (Phi) is 4.53. The average molecular weight is 310 g/mol. The second-order valence-corrected chi connectivity index (χ2v) is 4.99. The van der Waals surface area contributed by atoms with Crippen molar-refractivity contribution in [1.29, 1.82) is 0 Å². The first-order valence-electron chi connectivity index (χ1n) is 5.93. The molecule has 0 atom stereocenters. The molecule has 0 bridgehead atoms. The largest absolute Gasteiger partial charge is 0.490 e. The lowest BCUT2D eigenvalue weighted by molar-refractivity contribution is 0.363. The predicted molar refractivity (Wildman–Crippen MR) is 82.8 cm³/mol. The maximum Gasteiger partial charge on any atom is 0.269 e. The molecular formula is C15H13Cl2NO2. The van der Waals surface area contributed by atoms with Gasteiger partial charge in [0.25, 0.3) is 5.56 Å².